The van der Waals surface area contributed by atoms with Crippen molar-refractivity contribution in [1.82, 2.24) is 10.6 Å². The van der Waals surface area contributed by atoms with Crippen molar-refractivity contribution in [3.63, 3.8) is 0 Å². The molecule has 0 bridgehead atoms. The van der Waals surface area contributed by atoms with Gasteiger partial charge in [0, 0.05) is 23.1 Å². The third kappa shape index (κ3) is 6.31. The fourth-order valence-electron chi connectivity index (χ4n) is 4.09. The lowest BCUT2D eigenvalue weighted by atomic mass is 9.88. The van der Waals surface area contributed by atoms with Crippen LogP contribution in [-0.4, -0.2) is 24.9 Å². The topological polar surface area (TPSA) is 58.2 Å². The molecule has 0 aromatic heterocycles. The van der Waals surface area contributed by atoms with Crippen molar-refractivity contribution in [1.29, 1.82) is 0 Å². The Labute approximate surface area is 212 Å². The number of amides is 2. The second-order valence-corrected chi connectivity index (χ2v) is 9.47. The first-order chi connectivity index (χ1) is 16.3. The van der Waals surface area contributed by atoms with E-state index in [0.29, 0.717) is 28.7 Å². The van der Waals surface area contributed by atoms with Gasteiger partial charge in [-0.1, -0.05) is 62.0 Å². The molecule has 0 saturated heterocycles. The number of aryl methyl sites for hydroxylation is 1. The van der Waals surface area contributed by atoms with Crippen LogP contribution in [0.4, 0.5) is 0 Å². The first-order valence-corrected chi connectivity index (χ1v) is 12.7. The van der Waals surface area contributed by atoms with Crippen LogP contribution >= 0.6 is 23.2 Å². The van der Waals surface area contributed by atoms with Gasteiger partial charge in [-0.3, -0.25) is 9.59 Å². The van der Waals surface area contributed by atoms with Crippen LogP contribution in [0.2, 0.25) is 10.0 Å². The molecule has 2 amide bonds. The molecule has 0 fully saturated rings. The van der Waals surface area contributed by atoms with Crippen LogP contribution in [0, 0.1) is 6.92 Å². The van der Waals surface area contributed by atoms with Gasteiger partial charge in [-0.2, -0.15) is 0 Å². The molecule has 2 N–H and O–H groups in total. The maximum Gasteiger partial charge on any atom is 0.252 e. The third-order valence-corrected chi connectivity index (χ3v) is 6.38. The van der Waals surface area contributed by atoms with Gasteiger partial charge in [0.05, 0.1) is 12.0 Å². The number of benzene rings is 3. The van der Waals surface area contributed by atoms with E-state index in [0.717, 1.165) is 58.7 Å². The summed E-state index contributed by atoms with van der Waals surface area (Å²) in [6.07, 6.45) is 4.06. The summed E-state index contributed by atoms with van der Waals surface area (Å²) < 4.78 is 0. The lowest BCUT2D eigenvalue weighted by molar-refractivity contribution is -0.120. The second-order valence-electron chi connectivity index (χ2n) is 8.60. The van der Waals surface area contributed by atoms with E-state index in [4.69, 9.17) is 23.2 Å². The predicted octanol–water partition coefficient (Wildman–Crippen LogP) is 7.11. The predicted molar refractivity (Wildman–Crippen MR) is 143 cm³/mol. The van der Waals surface area contributed by atoms with Crippen molar-refractivity contribution in [3.05, 3.63) is 69.2 Å². The Hall–Kier alpha value is -2.56. The van der Waals surface area contributed by atoms with E-state index in [1.165, 1.54) is 0 Å². The van der Waals surface area contributed by atoms with Gasteiger partial charge in [0.1, 0.15) is 0 Å². The summed E-state index contributed by atoms with van der Waals surface area (Å²) in [7, 11) is 0. The molecule has 0 aliphatic heterocycles. The highest BCUT2D eigenvalue weighted by Gasteiger charge is 2.21. The maximum atomic E-state index is 13.5. The van der Waals surface area contributed by atoms with Crippen molar-refractivity contribution >= 4 is 45.8 Å². The number of hydrogen-bond acceptors (Lipinski definition) is 2. The Kier molecular flexibility index (Phi) is 9.37. The molecule has 0 aliphatic carbocycles. The Morgan fingerprint density at radius 3 is 2.15 bits per heavy atom. The average molecular weight is 499 g/mol. The fourth-order valence-corrected chi connectivity index (χ4v) is 4.43. The molecule has 3 aromatic carbocycles. The molecule has 0 radical (unpaired) electrons. The highest BCUT2D eigenvalue weighted by atomic mass is 35.5. The molecule has 34 heavy (non-hydrogen) atoms. The minimum absolute atomic E-state index is 0.0461. The number of carbonyl (C=O) groups excluding carboxylic acids is 2. The first-order valence-electron chi connectivity index (χ1n) is 11.9. The minimum atomic E-state index is -0.144. The van der Waals surface area contributed by atoms with Crippen LogP contribution in [0.1, 0.15) is 61.0 Å². The molecule has 6 heteroatoms. The zero-order valence-electron chi connectivity index (χ0n) is 20.1. The van der Waals surface area contributed by atoms with E-state index in [-0.39, 0.29) is 18.2 Å². The number of fused-ring (bicyclic) bond motifs is 1. The Bertz CT molecular complexity index is 1190. The number of halogens is 2. The van der Waals surface area contributed by atoms with Crippen molar-refractivity contribution in [2.45, 2.75) is 52.9 Å². The molecular weight excluding hydrogens is 467 g/mol. The number of nitrogens with one attached hydrogen (secondary N) is 2. The van der Waals surface area contributed by atoms with Gasteiger partial charge in [0.15, 0.2) is 0 Å². The summed E-state index contributed by atoms with van der Waals surface area (Å²) in [5, 5.41) is 8.96. The second kappa shape index (κ2) is 12.2. The van der Waals surface area contributed by atoms with Crippen LogP contribution < -0.4 is 10.6 Å². The number of rotatable bonds is 10. The van der Waals surface area contributed by atoms with Crippen LogP contribution in [0.15, 0.2) is 42.5 Å². The first kappa shape index (κ1) is 26.1. The van der Waals surface area contributed by atoms with Gasteiger partial charge in [0.25, 0.3) is 5.91 Å². The zero-order chi connectivity index (χ0) is 24.7. The molecule has 3 aromatic rings. The van der Waals surface area contributed by atoms with Crippen molar-refractivity contribution < 1.29 is 9.59 Å². The highest BCUT2D eigenvalue weighted by molar-refractivity contribution is 6.32. The maximum absolute atomic E-state index is 13.5. The molecular formula is C28H32Cl2N2O2. The van der Waals surface area contributed by atoms with E-state index >= 15 is 0 Å². The van der Waals surface area contributed by atoms with Crippen LogP contribution in [0.25, 0.3) is 21.9 Å². The van der Waals surface area contributed by atoms with Crippen molar-refractivity contribution in [3.8, 4) is 11.1 Å². The van der Waals surface area contributed by atoms with Gasteiger partial charge in [-0.25, -0.2) is 0 Å². The molecule has 0 unspecified atom stereocenters. The summed E-state index contributed by atoms with van der Waals surface area (Å²) in [5.41, 5.74) is 3.95. The molecule has 0 heterocycles. The number of hydrogen-bond donors (Lipinski definition) is 2. The van der Waals surface area contributed by atoms with E-state index in [2.05, 4.69) is 24.5 Å². The SMILES string of the molecule is CCCCNC(=O)Cc1ccc(Cl)cc1-c1cc(C)c2cc(Cl)ccc2c1C(=O)NCCCC. The summed E-state index contributed by atoms with van der Waals surface area (Å²) in [6.45, 7) is 7.43. The molecule has 0 aliphatic rings. The molecule has 3 rings (SSSR count). The van der Waals surface area contributed by atoms with Crippen molar-refractivity contribution in [2.75, 3.05) is 13.1 Å². The summed E-state index contributed by atoms with van der Waals surface area (Å²) >= 11 is 12.7. The normalized spacial score (nSPS) is 11.0. The van der Waals surface area contributed by atoms with Crippen molar-refractivity contribution in [2.24, 2.45) is 0 Å². The third-order valence-electron chi connectivity index (χ3n) is 5.91. The van der Waals surface area contributed by atoms with E-state index in [1.807, 2.05) is 37.3 Å². The summed E-state index contributed by atoms with van der Waals surface area (Å²) in [4.78, 5) is 26.1. The summed E-state index contributed by atoms with van der Waals surface area (Å²) in [6, 6.07) is 13.1. The Morgan fingerprint density at radius 1 is 0.794 bits per heavy atom. The van der Waals surface area contributed by atoms with Crippen LogP contribution in [0.3, 0.4) is 0 Å². The lowest BCUT2D eigenvalue weighted by Crippen LogP contribution is -2.27. The summed E-state index contributed by atoms with van der Waals surface area (Å²) in [5.74, 6) is -0.190. The van der Waals surface area contributed by atoms with Crippen LogP contribution in [0.5, 0.6) is 0 Å². The van der Waals surface area contributed by atoms with Gasteiger partial charge in [0.2, 0.25) is 5.91 Å². The Balaban J connectivity index is 2.16. The Morgan fingerprint density at radius 2 is 1.44 bits per heavy atom. The van der Waals surface area contributed by atoms with Gasteiger partial charge in [-0.15, -0.1) is 0 Å². The van der Waals surface area contributed by atoms with E-state index in [1.54, 1.807) is 12.1 Å². The zero-order valence-corrected chi connectivity index (χ0v) is 21.6. The molecule has 4 nitrogen and oxygen atoms in total. The smallest absolute Gasteiger partial charge is 0.252 e. The highest BCUT2D eigenvalue weighted by Crippen LogP contribution is 2.37. The minimum Gasteiger partial charge on any atom is -0.356 e. The van der Waals surface area contributed by atoms with Gasteiger partial charge < -0.3 is 10.6 Å². The van der Waals surface area contributed by atoms with E-state index in [9.17, 15) is 9.59 Å². The number of carbonyl (C=O) groups is 2. The van der Waals surface area contributed by atoms with E-state index < -0.39 is 0 Å². The fraction of sp³-hybridized carbons (Fsp3) is 0.357. The molecule has 0 atom stereocenters. The average Bonchev–Trinajstić information content (AvgIpc) is 2.80. The molecule has 180 valence electrons. The van der Waals surface area contributed by atoms with Gasteiger partial charge in [-0.05, 0) is 83.1 Å². The lowest BCUT2D eigenvalue weighted by Gasteiger charge is -2.18. The monoisotopic (exact) mass is 498 g/mol. The number of unbranched alkanes of at least 4 members (excludes halogenated alkanes) is 2. The standard InChI is InChI=1S/C28H32Cl2N2O2/c1-4-6-12-31-26(33)15-19-8-9-20(29)17-24(19)25-14-18(3)23-16-21(30)10-11-22(23)27(25)28(34)32-13-7-5-2/h8-11,14,16-17H,4-7,12-13,15H2,1-3H3,(H,31,33)(H,32,34). The largest absolute Gasteiger partial charge is 0.356 e. The quantitative estimate of drug-likeness (QED) is 0.292. The van der Waals surface area contributed by atoms with Crippen LogP contribution in [-0.2, 0) is 11.2 Å². The molecule has 0 saturated carbocycles. The van der Waals surface area contributed by atoms with Gasteiger partial charge >= 0.3 is 0 Å². The molecule has 0 spiro atoms.